The summed E-state index contributed by atoms with van der Waals surface area (Å²) in [5, 5.41) is 13.8. The normalized spacial score (nSPS) is 13.3. The van der Waals surface area contributed by atoms with E-state index in [-0.39, 0.29) is 30.9 Å². The molecule has 8 heteroatoms. The minimum atomic E-state index is -3.49. The first-order valence-corrected chi connectivity index (χ1v) is 11.5. The molecule has 1 aromatic heterocycles. The Hall–Kier alpha value is -1.95. The van der Waals surface area contributed by atoms with Crippen LogP contribution in [0.1, 0.15) is 57.0 Å². The predicted molar refractivity (Wildman–Crippen MR) is 116 cm³/mol. The highest BCUT2D eigenvalue weighted by atomic mass is 31.2. The summed E-state index contributed by atoms with van der Waals surface area (Å²) in [6, 6.07) is 3.74. The third-order valence-corrected chi connectivity index (χ3v) is 7.04. The van der Waals surface area contributed by atoms with E-state index in [4.69, 9.17) is 9.05 Å². The average Bonchev–Trinajstić information content (AvgIpc) is 2.64. The maximum Gasteiger partial charge on any atom is 0.339 e. The second-order valence-electron chi connectivity index (χ2n) is 7.85. The summed E-state index contributed by atoms with van der Waals surface area (Å²) in [6.45, 7) is 12.3. The standard InChI is InChI=1S/C21H32N3O4P/c1-7-27-29(26,28-8-2)18(13-24-19-14-22-9-10-23-19)16-11-15(3)20(25)17(12-16)21(4,5)6/h9-12,14,18,25H,7-8,13H2,1-6H3,(H,23,24). The van der Waals surface area contributed by atoms with E-state index in [2.05, 4.69) is 15.3 Å². The molecule has 29 heavy (non-hydrogen) atoms. The molecule has 0 aliphatic heterocycles. The van der Waals surface area contributed by atoms with Crippen LogP contribution in [0.2, 0.25) is 0 Å². The molecule has 7 nitrogen and oxygen atoms in total. The molecule has 1 heterocycles. The summed E-state index contributed by atoms with van der Waals surface area (Å²) >= 11 is 0. The monoisotopic (exact) mass is 421 g/mol. The highest BCUT2D eigenvalue weighted by molar-refractivity contribution is 7.54. The van der Waals surface area contributed by atoms with Crippen LogP contribution in [-0.2, 0) is 19.0 Å². The van der Waals surface area contributed by atoms with Gasteiger partial charge < -0.3 is 19.5 Å². The van der Waals surface area contributed by atoms with E-state index in [1.807, 2.05) is 39.8 Å². The number of phenols is 1. The van der Waals surface area contributed by atoms with Crippen LogP contribution in [0, 0.1) is 6.92 Å². The lowest BCUT2D eigenvalue weighted by Crippen LogP contribution is -2.19. The first kappa shape index (κ1) is 23.3. The summed E-state index contributed by atoms with van der Waals surface area (Å²) < 4.78 is 25.0. The zero-order valence-corrected chi connectivity index (χ0v) is 19.0. The second-order valence-corrected chi connectivity index (χ2v) is 10.1. The third-order valence-electron chi connectivity index (χ3n) is 4.56. The Morgan fingerprint density at radius 1 is 1.17 bits per heavy atom. The molecule has 2 aromatic rings. The number of aryl methyl sites for hydroxylation is 1. The Balaban J connectivity index is 2.54. The zero-order chi connectivity index (χ0) is 21.7. The van der Waals surface area contributed by atoms with Crippen molar-refractivity contribution in [1.29, 1.82) is 0 Å². The van der Waals surface area contributed by atoms with E-state index in [0.717, 1.165) is 16.7 Å². The van der Waals surface area contributed by atoms with Crippen molar-refractivity contribution >= 4 is 13.4 Å². The molecule has 2 N–H and O–H groups in total. The fraction of sp³-hybridized carbons (Fsp3) is 0.524. The van der Waals surface area contributed by atoms with E-state index >= 15 is 0 Å². The van der Waals surface area contributed by atoms with E-state index in [0.29, 0.717) is 5.82 Å². The van der Waals surface area contributed by atoms with Gasteiger partial charge in [-0.3, -0.25) is 9.55 Å². The van der Waals surface area contributed by atoms with Crippen molar-refractivity contribution in [3.63, 3.8) is 0 Å². The molecule has 1 unspecified atom stereocenters. The summed E-state index contributed by atoms with van der Waals surface area (Å²) in [7, 11) is -3.49. The lowest BCUT2D eigenvalue weighted by atomic mass is 9.84. The number of phenolic OH excluding ortho intramolecular Hbond substituents is 1. The fourth-order valence-corrected chi connectivity index (χ4v) is 5.14. The molecule has 0 radical (unpaired) electrons. The van der Waals surface area contributed by atoms with Gasteiger partial charge in [0, 0.05) is 18.9 Å². The second kappa shape index (κ2) is 9.70. The van der Waals surface area contributed by atoms with Crippen LogP contribution in [0.3, 0.4) is 0 Å². The Morgan fingerprint density at radius 2 is 1.83 bits per heavy atom. The van der Waals surface area contributed by atoms with Crippen molar-refractivity contribution in [3.8, 4) is 5.75 Å². The molecule has 0 bridgehead atoms. The highest BCUT2D eigenvalue weighted by Crippen LogP contribution is 2.61. The fourth-order valence-electron chi connectivity index (χ4n) is 3.15. The Morgan fingerprint density at radius 3 is 2.34 bits per heavy atom. The summed E-state index contributed by atoms with van der Waals surface area (Å²) in [4.78, 5) is 8.27. The van der Waals surface area contributed by atoms with Gasteiger partial charge in [-0.05, 0) is 42.9 Å². The molecule has 160 valence electrons. The molecule has 1 aromatic carbocycles. The minimum Gasteiger partial charge on any atom is -0.507 e. The number of anilines is 1. The van der Waals surface area contributed by atoms with Crippen LogP contribution < -0.4 is 5.32 Å². The molecular weight excluding hydrogens is 389 g/mol. The smallest absolute Gasteiger partial charge is 0.339 e. The number of benzene rings is 1. The molecule has 0 amide bonds. The minimum absolute atomic E-state index is 0.254. The van der Waals surface area contributed by atoms with Crippen LogP contribution in [-0.4, -0.2) is 34.8 Å². The van der Waals surface area contributed by atoms with E-state index < -0.39 is 13.3 Å². The zero-order valence-electron chi connectivity index (χ0n) is 18.1. The topological polar surface area (TPSA) is 93.6 Å². The SMILES string of the molecule is CCOP(=O)(OCC)C(CNc1cnccn1)c1cc(C)c(O)c(C(C)(C)C)c1. The van der Waals surface area contributed by atoms with Crippen LogP contribution in [0.5, 0.6) is 5.75 Å². The predicted octanol–water partition coefficient (Wildman–Crippen LogP) is 5.21. The van der Waals surface area contributed by atoms with Crippen LogP contribution in [0.4, 0.5) is 5.82 Å². The van der Waals surface area contributed by atoms with Crippen LogP contribution in [0.25, 0.3) is 0 Å². The largest absolute Gasteiger partial charge is 0.507 e. The Labute approximate surface area is 173 Å². The van der Waals surface area contributed by atoms with E-state index in [1.54, 1.807) is 32.4 Å². The van der Waals surface area contributed by atoms with Crippen LogP contribution in [0.15, 0.2) is 30.7 Å². The van der Waals surface area contributed by atoms with E-state index in [1.165, 1.54) is 0 Å². The van der Waals surface area contributed by atoms with Gasteiger partial charge in [-0.15, -0.1) is 0 Å². The summed E-state index contributed by atoms with van der Waals surface area (Å²) in [5.41, 5.74) is 1.43. The number of nitrogens with one attached hydrogen (secondary N) is 1. The third kappa shape index (κ3) is 5.78. The molecule has 0 saturated carbocycles. The molecule has 1 atom stereocenters. The average molecular weight is 421 g/mol. The van der Waals surface area contributed by atoms with Crippen molar-refractivity contribution in [2.24, 2.45) is 0 Å². The van der Waals surface area contributed by atoms with Gasteiger partial charge in [0.05, 0.1) is 19.4 Å². The Bertz CT molecular complexity index is 843. The summed E-state index contributed by atoms with van der Waals surface area (Å²) in [5.74, 6) is 0.827. The molecule has 0 aliphatic rings. The lowest BCUT2D eigenvalue weighted by molar-refractivity contribution is 0.213. The molecule has 2 rings (SSSR count). The molecule has 0 spiro atoms. The van der Waals surface area contributed by atoms with Crippen molar-refractivity contribution in [2.45, 2.75) is 52.6 Å². The van der Waals surface area contributed by atoms with Gasteiger partial charge in [0.15, 0.2) is 0 Å². The number of aromatic nitrogens is 2. The van der Waals surface area contributed by atoms with Gasteiger partial charge >= 0.3 is 7.60 Å². The highest BCUT2D eigenvalue weighted by Gasteiger charge is 2.38. The number of hydrogen-bond acceptors (Lipinski definition) is 7. The van der Waals surface area contributed by atoms with Crippen molar-refractivity contribution in [3.05, 3.63) is 47.4 Å². The maximum absolute atomic E-state index is 13.7. The maximum atomic E-state index is 13.7. The van der Waals surface area contributed by atoms with Gasteiger partial charge in [0.1, 0.15) is 17.2 Å². The number of hydrogen-bond donors (Lipinski definition) is 2. The van der Waals surface area contributed by atoms with Crippen molar-refractivity contribution < 1.29 is 18.7 Å². The molecular formula is C21H32N3O4P. The van der Waals surface area contributed by atoms with Crippen molar-refractivity contribution in [1.82, 2.24) is 9.97 Å². The van der Waals surface area contributed by atoms with Gasteiger partial charge in [-0.25, -0.2) is 4.98 Å². The molecule has 0 saturated heterocycles. The Kier molecular flexibility index (Phi) is 7.80. The van der Waals surface area contributed by atoms with E-state index in [9.17, 15) is 9.67 Å². The molecule has 0 aliphatic carbocycles. The number of rotatable bonds is 9. The lowest BCUT2D eigenvalue weighted by Gasteiger charge is -2.29. The van der Waals surface area contributed by atoms with Gasteiger partial charge in [-0.2, -0.15) is 0 Å². The van der Waals surface area contributed by atoms with Gasteiger partial charge in [0.25, 0.3) is 0 Å². The first-order valence-electron chi connectivity index (χ1n) is 9.85. The first-order chi connectivity index (χ1) is 13.6. The molecule has 0 fully saturated rings. The van der Waals surface area contributed by atoms with Gasteiger partial charge in [-0.1, -0.05) is 32.9 Å². The van der Waals surface area contributed by atoms with Crippen LogP contribution >= 0.6 is 7.60 Å². The van der Waals surface area contributed by atoms with Crippen molar-refractivity contribution in [2.75, 3.05) is 25.1 Å². The number of nitrogens with zero attached hydrogens (tertiary/aromatic N) is 2. The van der Waals surface area contributed by atoms with Gasteiger partial charge in [0.2, 0.25) is 0 Å². The quantitative estimate of drug-likeness (QED) is 0.537. The number of aromatic hydroxyl groups is 1. The summed E-state index contributed by atoms with van der Waals surface area (Å²) in [6.07, 6.45) is 4.78.